The fraction of sp³-hybridized carbons (Fsp3) is 0.600. The molecule has 3 amide bonds. The van der Waals surface area contributed by atoms with Crippen molar-refractivity contribution >= 4 is 35.1 Å². The number of imide groups is 1. The van der Waals surface area contributed by atoms with Crippen molar-refractivity contribution in [3.63, 3.8) is 0 Å². The number of urea groups is 1. The van der Waals surface area contributed by atoms with E-state index in [2.05, 4.69) is 10.6 Å². The minimum Gasteiger partial charge on any atom is -0.335 e. The van der Waals surface area contributed by atoms with Gasteiger partial charge in [-0.25, -0.2) is 4.79 Å². The number of hydrogen-bond donors (Lipinski definition) is 2. The van der Waals surface area contributed by atoms with E-state index >= 15 is 0 Å². The first-order valence-corrected chi connectivity index (χ1v) is 6.02. The summed E-state index contributed by atoms with van der Waals surface area (Å²) in [7, 11) is 0. The Morgan fingerprint density at radius 2 is 1.81 bits per heavy atom. The highest BCUT2D eigenvalue weighted by atomic mass is 35.5. The highest BCUT2D eigenvalue weighted by Gasteiger charge is 2.17. The normalized spacial score (nSPS) is 18.0. The molecule has 1 saturated carbocycles. The number of carbonyl (C=O) groups is 2. The fourth-order valence-electron chi connectivity index (χ4n) is 1.68. The lowest BCUT2D eigenvalue weighted by Gasteiger charge is -2.22. The van der Waals surface area contributed by atoms with E-state index in [1.807, 2.05) is 0 Å². The van der Waals surface area contributed by atoms with Crippen molar-refractivity contribution in [2.24, 2.45) is 0 Å². The van der Waals surface area contributed by atoms with E-state index in [1.165, 1.54) is 6.42 Å². The summed E-state index contributed by atoms with van der Waals surface area (Å²) in [5.74, 6) is -0.690. The van der Waals surface area contributed by atoms with E-state index in [0.29, 0.717) is 0 Å². The standard InChI is InChI=1S/C10H14Cl2N2O2/c11-6-8(12)9(15)14-10(16)13-7-4-2-1-3-5-7/h6-7H,1-5H2,(H2,13,14,15,16)/b8-6-. The number of halogens is 2. The quantitative estimate of drug-likeness (QED) is 0.753. The van der Waals surface area contributed by atoms with Crippen molar-refractivity contribution in [1.82, 2.24) is 10.6 Å². The maximum atomic E-state index is 11.4. The fourth-order valence-corrected chi connectivity index (χ4v) is 1.83. The Morgan fingerprint density at radius 1 is 1.19 bits per heavy atom. The lowest BCUT2D eigenvalue weighted by Crippen LogP contribution is -2.45. The van der Waals surface area contributed by atoms with Crippen LogP contribution in [0.4, 0.5) is 4.79 Å². The van der Waals surface area contributed by atoms with Crippen LogP contribution in [0.1, 0.15) is 32.1 Å². The lowest BCUT2D eigenvalue weighted by atomic mass is 9.96. The van der Waals surface area contributed by atoms with Gasteiger partial charge in [0.2, 0.25) is 0 Å². The second-order valence-corrected chi connectivity index (χ2v) is 4.34. The van der Waals surface area contributed by atoms with Crippen molar-refractivity contribution in [3.05, 3.63) is 10.6 Å². The SMILES string of the molecule is O=C(NC(=O)/C(Cl)=C/Cl)NC1CCCCC1. The first kappa shape index (κ1) is 13.3. The molecule has 90 valence electrons. The van der Waals surface area contributed by atoms with Gasteiger partial charge in [-0.2, -0.15) is 0 Å². The van der Waals surface area contributed by atoms with Crippen molar-refractivity contribution < 1.29 is 9.59 Å². The molecule has 1 aliphatic rings. The van der Waals surface area contributed by atoms with Gasteiger partial charge in [0.25, 0.3) is 5.91 Å². The van der Waals surface area contributed by atoms with Crippen molar-refractivity contribution in [2.75, 3.05) is 0 Å². The average Bonchev–Trinajstić information content (AvgIpc) is 2.29. The second-order valence-electron chi connectivity index (χ2n) is 3.72. The Morgan fingerprint density at radius 3 is 2.38 bits per heavy atom. The molecular weight excluding hydrogens is 251 g/mol. The third kappa shape index (κ3) is 4.41. The van der Waals surface area contributed by atoms with E-state index in [0.717, 1.165) is 31.2 Å². The molecule has 6 heteroatoms. The molecule has 0 aromatic carbocycles. The molecule has 2 N–H and O–H groups in total. The maximum absolute atomic E-state index is 11.4. The van der Waals surface area contributed by atoms with E-state index in [4.69, 9.17) is 23.2 Å². The summed E-state index contributed by atoms with van der Waals surface area (Å²) >= 11 is 10.7. The zero-order chi connectivity index (χ0) is 12.0. The van der Waals surface area contributed by atoms with Crippen LogP contribution in [-0.4, -0.2) is 18.0 Å². The van der Waals surface area contributed by atoms with Crippen LogP contribution in [-0.2, 0) is 4.79 Å². The first-order chi connectivity index (χ1) is 7.63. The number of rotatable bonds is 2. The first-order valence-electron chi connectivity index (χ1n) is 5.21. The molecule has 4 nitrogen and oxygen atoms in total. The Bertz CT molecular complexity index is 299. The minimum absolute atomic E-state index is 0.153. The van der Waals surface area contributed by atoms with Gasteiger partial charge in [0.05, 0.1) is 0 Å². The topological polar surface area (TPSA) is 58.2 Å². The number of carbonyl (C=O) groups excluding carboxylic acids is 2. The predicted octanol–water partition coefficient (Wildman–Crippen LogP) is 2.46. The highest BCUT2D eigenvalue weighted by Crippen LogP contribution is 2.17. The van der Waals surface area contributed by atoms with E-state index < -0.39 is 11.9 Å². The molecule has 1 aliphatic carbocycles. The third-order valence-electron chi connectivity index (χ3n) is 2.48. The smallest absolute Gasteiger partial charge is 0.321 e. The Balaban J connectivity index is 2.32. The summed E-state index contributed by atoms with van der Waals surface area (Å²) in [6, 6.07) is -0.367. The van der Waals surface area contributed by atoms with Gasteiger partial charge in [0.1, 0.15) is 5.03 Å². The number of hydrogen-bond acceptors (Lipinski definition) is 2. The van der Waals surface area contributed by atoms with Gasteiger partial charge < -0.3 is 5.32 Å². The molecule has 1 rings (SSSR count). The van der Waals surface area contributed by atoms with Gasteiger partial charge in [-0.1, -0.05) is 42.5 Å². The summed E-state index contributed by atoms with van der Waals surface area (Å²) < 4.78 is 0. The predicted molar refractivity (Wildman–Crippen MR) is 63.3 cm³/mol. The molecule has 0 saturated heterocycles. The Labute approximate surface area is 104 Å². The van der Waals surface area contributed by atoms with E-state index in [9.17, 15) is 9.59 Å². The largest absolute Gasteiger partial charge is 0.335 e. The molecule has 0 heterocycles. The molecule has 0 aromatic rings. The molecular formula is C10H14Cl2N2O2. The summed E-state index contributed by atoms with van der Waals surface area (Å²) in [4.78, 5) is 22.5. The third-order valence-corrected chi connectivity index (χ3v) is 3.09. The molecule has 0 spiro atoms. The molecule has 0 atom stereocenters. The lowest BCUT2D eigenvalue weighted by molar-refractivity contribution is -0.115. The highest BCUT2D eigenvalue weighted by molar-refractivity contribution is 6.47. The van der Waals surface area contributed by atoms with Crippen LogP contribution in [0.15, 0.2) is 10.6 Å². The van der Waals surface area contributed by atoms with Crippen LogP contribution in [0.3, 0.4) is 0 Å². The monoisotopic (exact) mass is 264 g/mol. The van der Waals surface area contributed by atoms with Crippen molar-refractivity contribution in [3.8, 4) is 0 Å². The van der Waals surface area contributed by atoms with Gasteiger partial charge in [-0.3, -0.25) is 10.1 Å². The molecule has 0 radical (unpaired) electrons. The number of amides is 3. The molecule has 0 unspecified atom stereocenters. The van der Waals surface area contributed by atoms with Gasteiger partial charge >= 0.3 is 6.03 Å². The summed E-state index contributed by atoms with van der Waals surface area (Å²) in [6.45, 7) is 0. The van der Waals surface area contributed by atoms with E-state index in [-0.39, 0.29) is 11.1 Å². The van der Waals surface area contributed by atoms with Crippen LogP contribution >= 0.6 is 23.2 Å². The molecule has 0 aromatic heterocycles. The van der Waals surface area contributed by atoms with Gasteiger partial charge in [0.15, 0.2) is 0 Å². The number of nitrogens with one attached hydrogen (secondary N) is 2. The van der Waals surface area contributed by atoms with Crippen molar-refractivity contribution in [1.29, 1.82) is 0 Å². The zero-order valence-electron chi connectivity index (χ0n) is 8.76. The average molecular weight is 265 g/mol. The summed E-state index contributed by atoms with van der Waals surface area (Å²) in [5, 5.41) is 4.63. The summed E-state index contributed by atoms with van der Waals surface area (Å²) in [5.41, 5.74) is 0.921. The molecule has 1 fully saturated rings. The van der Waals surface area contributed by atoms with Crippen LogP contribution in [0.25, 0.3) is 0 Å². The van der Waals surface area contributed by atoms with Crippen LogP contribution in [0.5, 0.6) is 0 Å². The summed E-state index contributed by atoms with van der Waals surface area (Å²) in [6.07, 6.45) is 5.35. The second kappa shape index (κ2) is 6.76. The maximum Gasteiger partial charge on any atom is 0.321 e. The van der Waals surface area contributed by atoms with Gasteiger partial charge in [0, 0.05) is 11.6 Å². The van der Waals surface area contributed by atoms with Gasteiger partial charge in [-0.05, 0) is 12.8 Å². The Hall–Kier alpha value is -0.740. The molecule has 0 bridgehead atoms. The van der Waals surface area contributed by atoms with Crippen LogP contribution in [0, 0.1) is 0 Å². The van der Waals surface area contributed by atoms with E-state index in [1.54, 1.807) is 0 Å². The Kier molecular flexibility index (Phi) is 5.63. The van der Waals surface area contributed by atoms with Gasteiger partial charge in [-0.15, -0.1) is 0 Å². The van der Waals surface area contributed by atoms with Crippen LogP contribution < -0.4 is 10.6 Å². The zero-order valence-corrected chi connectivity index (χ0v) is 10.3. The molecule has 16 heavy (non-hydrogen) atoms. The van der Waals surface area contributed by atoms with Crippen molar-refractivity contribution in [2.45, 2.75) is 38.1 Å². The van der Waals surface area contributed by atoms with Crippen LogP contribution in [0.2, 0.25) is 0 Å². The minimum atomic E-state index is -0.690. The molecule has 0 aliphatic heterocycles.